The van der Waals surface area contributed by atoms with Crippen molar-refractivity contribution in [3.63, 3.8) is 0 Å². The summed E-state index contributed by atoms with van der Waals surface area (Å²) >= 11 is 0. The van der Waals surface area contributed by atoms with Crippen molar-refractivity contribution in [3.8, 4) is 28.0 Å². The average molecular weight is 607 g/mol. The predicted octanol–water partition coefficient (Wildman–Crippen LogP) is 10.6. The number of alkyl halides is 2. The van der Waals surface area contributed by atoms with Crippen molar-refractivity contribution in [1.82, 2.24) is 0 Å². The molecule has 1 aliphatic rings. The lowest BCUT2D eigenvalue weighted by molar-refractivity contribution is -0.189. The van der Waals surface area contributed by atoms with Crippen molar-refractivity contribution in [2.75, 3.05) is 0 Å². The normalized spacial score (nSPS) is 16.9. The van der Waals surface area contributed by atoms with Crippen molar-refractivity contribution in [3.05, 3.63) is 125 Å². The Morgan fingerprint density at radius 2 is 1.23 bits per heavy atom. The number of halogens is 9. The number of ether oxygens (including phenoxy) is 1. The molecule has 43 heavy (non-hydrogen) atoms. The van der Waals surface area contributed by atoms with Crippen LogP contribution in [0.4, 0.5) is 39.5 Å². The summed E-state index contributed by atoms with van der Waals surface area (Å²) in [5.41, 5.74) is -2.36. The van der Waals surface area contributed by atoms with Gasteiger partial charge in [0.25, 0.3) is 0 Å². The van der Waals surface area contributed by atoms with Crippen LogP contribution in [0.5, 0.6) is 5.75 Å². The molecule has 5 rings (SSSR count). The molecule has 4 aromatic carbocycles. The topological polar surface area (TPSA) is 9.23 Å². The van der Waals surface area contributed by atoms with E-state index in [9.17, 15) is 39.5 Å². The van der Waals surface area contributed by atoms with Crippen LogP contribution in [0.3, 0.4) is 0 Å². The third kappa shape index (κ3) is 6.14. The van der Waals surface area contributed by atoms with E-state index in [1.54, 1.807) is 0 Å². The van der Waals surface area contributed by atoms with Crippen LogP contribution in [-0.4, -0.2) is 0 Å². The number of benzene rings is 4. The maximum absolute atomic E-state index is 15.0. The Labute approximate surface area is 241 Å². The van der Waals surface area contributed by atoms with E-state index in [0.717, 1.165) is 49.2 Å². The molecule has 0 spiro atoms. The molecule has 1 aliphatic carbocycles. The van der Waals surface area contributed by atoms with Gasteiger partial charge in [0.2, 0.25) is 0 Å². The van der Waals surface area contributed by atoms with Gasteiger partial charge in [-0.2, -0.15) is 8.78 Å². The molecule has 0 heterocycles. The van der Waals surface area contributed by atoms with E-state index in [4.69, 9.17) is 0 Å². The first-order valence-electron chi connectivity index (χ1n) is 13.4. The van der Waals surface area contributed by atoms with E-state index in [-0.39, 0.29) is 33.7 Å². The lowest BCUT2D eigenvalue weighted by Crippen LogP contribution is -2.25. The van der Waals surface area contributed by atoms with Gasteiger partial charge < -0.3 is 4.74 Å². The van der Waals surface area contributed by atoms with Crippen LogP contribution in [0, 0.1) is 46.6 Å². The molecule has 2 unspecified atom stereocenters. The molecule has 0 radical (unpaired) electrons. The molecule has 4 aromatic rings. The molecule has 0 fully saturated rings. The third-order valence-corrected chi connectivity index (χ3v) is 7.53. The fourth-order valence-corrected chi connectivity index (χ4v) is 5.20. The van der Waals surface area contributed by atoms with E-state index >= 15 is 0 Å². The molecule has 0 bridgehead atoms. The molecule has 224 valence electrons. The summed E-state index contributed by atoms with van der Waals surface area (Å²) in [6, 6.07) is 8.41. The summed E-state index contributed by atoms with van der Waals surface area (Å²) in [5, 5.41) is 0. The highest BCUT2D eigenvalue weighted by Gasteiger charge is 2.41. The Morgan fingerprint density at radius 1 is 0.651 bits per heavy atom. The first-order chi connectivity index (χ1) is 20.4. The fraction of sp³-hybridized carbons (Fsp3) is 0.212. The van der Waals surface area contributed by atoms with Gasteiger partial charge in [-0.25, -0.2) is 30.7 Å². The van der Waals surface area contributed by atoms with Crippen molar-refractivity contribution in [2.45, 2.75) is 38.2 Å². The van der Waals surface area contributed by atoms with Gasteiger partial charge in [0.1, 0.15) is 34.6 Å². The van der Waals surface area contributed by atoms with Crippen LogP contribution >= 0.6 is 0 Å². The molecule has 0 saturated heterocycles. The molecule has 0 amide bonds. The second-order valence-corrected chi connectivity index (χ2v) is 10.3. The van der Waals surface area contributed by atoms with Crippen LogP contribution in [0.2, 0.25) is 0 Å². The Kier molecular flexibility index (Phi) is 8.31. The predicted molar refractivity (Wildman–Crippen MR) is 143 cm³/mol. The van der Waals surface area contributed by atoms with Crippen molar-refractivity contribution >= 4 is 0 Å². The Balaban J connectivity index is 1.37. The number of allylic oxidation sites excluding steroid dienone is 2. The van der Waals surface area contributed by atoms with E-state index in [2.05, 4.69) is 4.74 Å². The second kappa shape index (κ2) is 11.8. The van der Waals surface area contributed by atoms with Crippen molar-refractivity contribution < 1.29 is 44.3 Å². The largest absolute Gasteiger partial charge is 0.432 e. The highest BCUT2D eigenvalue weighted by Crippen LogP contribution is 2.40. The zero-order valence-corrected chi connectivity index (χ0v) is 22.5. The minimum Gasteiger partial charge on any atom is -0.429 e. The summed E-state index contributed by atoms with van der Waals surface area (Å²) in [6.45, 7) is 2.02. The number of hydrogen-bond acceptors (Lipinski definition) is 1. The second-order valence-electron chi connectivity index (χ2n) is 10.3. The fourth-order valence-electron chi connectivity index (χ4n) is 5.20. The summed E-state index contributed by atoms with van der Waals surface area (Å²) in [6.07, 6.45) is 1.58. The van der Waals surface area contributed by atoms with Gasteiger partial charge >= 0.3 is 6.11 Å². The molecule has 0 aromatic heterocycles. The van der Waals surface area contributed by atoms with Crippen LogP contribution < -0.4 is 4.74 Å². The summed E-state index contributed by atoms with van der Waals surface area (Å²) < 4.78 is 134. The zero-order valence-electron chi connectivity index (χ0n) is 22.5. The first kappa shape index (κ1) is 30.3. The van der Waals surface area contributed by atoms with Gasteiger partial charge in [-0.3, -0.25) is 0 Å². The summed E-state index contributed by atoms with van der Waals surface area (Å²) in [4.78, 5) is 0. The Bertz CT molecular complexity index is 1670. The summed E-state index contributed by atoms with van der Waals surface area (Å²) in [5.74, 6) is -10.7. The van der Waals surface area contributed by atoms with Gasteiger partial charge in [0.15, 0.2) is 17.5 Å². The Morgan fingerprint density at radius 3 is 1.79 bits per heavy atom. The van der Waals surface area contributed by atoms with Crippen molar-refractivity contribution in [2.24, 2.45) is 5.92 Å². The van der Waals surface area contributed by atoms with Crippen molar-refractivity contribution in [1.29, 1.82) is 0 Å². The molecule has 2 atom stereocenters. The van der Waals surface area contributed by atoms with E-state index in [1.807, 2.05) is 19.1 Å². The standard InChI is InChI=1S/C33H23F9O/c1-2-17-3-5-18(6-4-17)20-12-27(36)31(28(37)13-20)33(41,42)43-22-8-10-23(26(35)16-22)19-7-9-24(25(34)11-19)21-14-29(38)32(40)30(39)15-21/h3,5,7-18H,2,4,6H2,1H3. The van der Waals surface area contributed by atoms with E-state index in [0.29, 0.717) is 30.5 Å². The molecule has 0 N–H and O–H groups in total. The molecular formula is C33H23F9O. The monoisotopic (exact) mass is 606 g/mol. The maximum Gasteiger partial charge on any atom is 0.432 e. The average Bonchev–Trinajstić information content (AvgIpc) is 2.95. The zero-order chi connectivity index (χ0) is 31.1. The van der Waals surface area contributed by atoms with Crippen LogP contribution in [0.25, 0.3) is 22.3 Å². The van der Waals surface area contributed by atoms with Gasteiger partial charge in [0, 0.05) is 23.1 Å². The van der Waals surface area contributed by atoms with E-state index in [1.165, 1.54) is 6.07 Å². The smallest absolute Gasteiger partial charge is 0.429 e. The molecule has 1 nitrogen and oxygen atoms in total. The Hall–Kier alpha value is -4.21. The van der Waals surface area contributed by atoms with Gasteiger partial charge in [0.05, 0.1) is 0 Å². The van der Waals surface area contributed by atoms with Crippen LogP contribution in [0.15, 0.2) is 72.8 Å². The lowest BCUT2D eigenvalue weighted by Gasteiger charge is -2.24. The first-order valence-corrected chi connectivity index (χ1v) is 13.4. The number of rotatable bonds is 7. The molecule has 0 aliphatic heterocycles. The minimum absolute atomic E-state index is 0.0742. The minimum atomic E-state index is -4.51. The maximum atomic E-state index is 15.0. The number of hydrogen-bond donors (Lipinski definition) is 0. The van der Waals surface area contributed by atoms with Gasteiger partial charge in [-0.1, -0.05) is 31.2 Å². The SMILES string of the molecule is CCC1C=CC(c2cc(F)c(C(F)(F)Oc3ccc(-c4ccc(-c5cc(F)c(F)c(F)c5)c(F)c4)c(F)c3)c(F)c2)CC1. The third-order valence-electron chi connectivity index (χ3n) is 7.53. The van der Waals surface area contributed by atoms with Crippen LogP contribution in [0.1, 0.15) is 43.2 Å². The highest BCUT2D eigenvalue weighted by atomic mass is 19.3. The molecule has 10 heteroatoms. The van der Waals surface area contributed by atoms with Gasteiger partial charge in [-0.05, 0) is 84.3 Å². The molecule has 0 saturated carbocycles. The van der Waals surface area contributed by atoms with E-state index < -0.39 is 58.1 Å². The summed E-state index contributed by atoms with van der Waals surface area (Å²) in [7, 11) is 0. The van der Waals surface area contributed by atoms with Crippen LogP contribution in [-0.2, 0) is 6.11 Å². The lowest BCUT2D eigenvalue weighted by atomic mass is 9.83. The highest BCUT2D eigenvalue weighted by molar-refractivity contribution is 5.72. The molecular weight excluding hydrogens is 583 g/mol. The quantitative estimate of drug-likeness (QED) is 0.116. The van der Waals surface area contributed by atoms with Gasteiger partial charge in [-0.15, -0.1) is 0 Å².